The van der Waals surface area contributed by atoms with Crippen LogP contribution in [0.2, 0.25) is 0 Å². The molecule has 0 amide bonds. The fourth-order valence-electron chi connectivity index (χ4n) is 1.80. The Morgan fingerprint density at radius 1 is 1.14 bits per heavy atom. The lowest BCUT2D eigenvalue weighted by Crippen LogP contribution is -2.11. The van der Waals surface area contributed by atoms with Gasteiger partial charge in [0.05, 0.1) is 12.5 Å². The van der Waals surface area contributed by atoms with Crippen LogP contribution in [-0.2, 0) is 6.42 Å². The fourth-order valence-corrected chi connectivity index (χ4v) is 2.21. The molecule has 0 unspecified atom stereocenters. The molecule has 0 radical (unpaired) electrons. The molecule has 0 atom stereocenters. The van der Waals surface area contributed by atoms with E-state index in [-0.39, 0.29) is 12.4 Å². The molecule has 0 spiro atoms. The number of thioether (sulfide) groups is 1. The molecule has 0 N–H and O–H groups in total. The summed E-state index contributed by atoms with van der Waals surface area (Å²) in [4.78, 5) is 13.1. The molecule has 0 aliphatic rings. The normalized spacial score (nSPS) is 9.90. The quantitative estimate of drug-likeness (QED) is 0.602. The summed E-state index contributed by atoms with van der Waals surface area (Å²) in [5, 5.41) is 8.60. The molecule has 0 aliphatic carbocycles. The van der Waals surface area contributed by atoms with Crippen LogP contribution >= 0.6 is 11.8 Å². The molecule has 2 aromatic carbocycles. The van der Waals surface area contributed by atoms with Gasteiger partial charge in [0.25, 0.3) is 0 Å². The molecule has 0 fully saturated rings. The number of ether oxygens (including phenoxy) is 1. The molecule has 0 heterocycles. The Morgan fingerprint density at radius 2 is 1.81 bits per heavy atom. The third-order valence-electron chi connectivity index (χ3n) is 2.99. The van der Waals surface area contributed by atoms with E-state index in [1.165, 1.54) is 0 Å². The van der Waals surface area contributed by atoms with E-state index in [9.17, 15) is 4.79 Å². The monoisotopic (exact) mass is 297 g/mol. The predicted molar refractivity (Wildman–Crippen MR) is 83.8 cm³/mol. The minimum atomic E-state index is -0.0521. The van der Waals surface area contributed by atoms with E-state index >= 15 is 0 Å². The third-order valence-corrected chi connectivity index (χ3v) is 3.73. The zero-order valence-electron chi connectivity index (χ0n) is 11.7. The van der Waals surface area contributed by atoms with Gasteiger partial charge in [0.2, 0.25) is 0 Å². The van der Waals surface area contributed by atoms with Gasteiger partial charge in [-0.15, -0.1) is 11.8 Å². The van der Waals surface area contributed by atoms with Crippen LogP contribution in [0.25, 0.3) is 0 Å². The van der Waals surface area contributed by atoms with Crippen LogP contribution in [0.1, 0.15) is 15.9 Å². The van der Waals surface area contributed by atoms with Gasteiger partial charge in [-0.2, -0.15) is 5.26 Å². The van der Waals surface area contributed by atoms with Gasteiger partial charge in [0, 0.05) is 10.5 Å². The second-order valence-corrected chi connectivity index (χ2v) is 5.30. The minimum absolute atomic E-state index is 0.0101. The average Bonchev–Trinajstić information content (AvgIpc) is 2.54. The average molecular weight is 297 g/mol. The molecule has 0 aliphatic heterocycles. The van der Waals surface area contributed by atoms with Gasteiger partial charge in [0.1, 0.15) is 5.75 Å². The van der Waals surface area contributed by atoms with Crippen LogP contribution in [0.15, 0.2) is 53.4 Å². The van der Waals surface area contributed by atoms with E-state index in [0.717, 1.165) is 10.5 Å². The van der Waals surface area contributed by atoms with Crippen LogP contribution in [0.5, 0.6) is 5.75 Å². The highest BCUT2D eigenvalue weighted by molar-refractivity contribution is 7.98. The van der Waals surface area contributed by atoms with Gasteiger partial charge in [-0.1, -0.05) is 24.3 Å². The Kier molecular flexibility index (Phi) is 5.42. The van der Waals surface area contributed by atoms with Crippen molar-refractivity contribution < 1.29 is 9.53 Å². The van der Waals surface area contributed by atoms with Crippen molar-refractivity contribution in [2.45, 2.75) is 11.3 Å². The van der Waals surface area contributed by atoms with E-state index in [1.54, 1.807) is 23.9 Å². The van der Waals surface area contributed by atoms with Crippen molar-refractivity contribution in [2.75, 3.05) is 12.9 Å². The Bertz CT molecular complexity index is 642. The summed E-state index contributed by atoms with van der Waals surface area (Å²) in [7, 11) is 0. The first-order valence-electron chi connectivity index (χ1n) is 6.49. The number of hydrogen-bond donors (Lipinski definition) is 0. The molecule has 3 nitrogen and oxygen atoms in total. The van der Waals surface area contributed by atoms with E-state index in [4.69, 9.17) is 10.00 Å². The van der Waals surface area contributed by atoms with Gasteiger partial charge in [0.15, 0.2) is 12.4 Å². The third kappa shape index (κ3) is 4.37. The van der Waals surface area contributed by atoms with E-state index in [2.05, 4.69) is 6.07 Å². The maximum Gasteiger partial charge on any atom is 0.200 e. The summed E-state index contributed by atoms with van der Waals surface area (Å²) in [6, 6.07) is 16.8. The van der Waals surface area contributed by atoms with Crippen LogP contribution in [-0.4, -0.2) is 18.6 Å². The van der Waals surface area contributed by atoms with Crippen molar-refractivity contribution in [3.8, 4) is 11.8 Å². The second-order valence-electron chi connectivity index (χ2n) is 4.42. The van der Waals surface area contributed by atoms with Crippen molar-refractivity contribution in [1.29, 1.82) is 5.26 Å². The first-order chi connectivity index (χ1) is 10.2. The molecular weight excluding hydrogens is 282 g/mol. The van der Waals surface area contributed by atoms with Crippen LogP contribution in [0.3, 0.4) is 0 Å². The van der Waals surface area contributed by atoms with E-state index in [0.29, 0.717) is 17.7 Å². The number of carbonyl (C=O) groups excluding carboxylic acids is 1. The zero-order valence-corrected chi connectivity index (χ0v) is 12.5. The number of nitrogens with zero attached hydrogens (tertiary/aromatic N) is 1. The lowest BCUT2D eigenvalue weighted by Gasteiger charge is -2.06. The highest BCUT2D eigenvalue weighted by Crippen LogP contribution is 2.16. The van der Waals surface area contributed by atoms with E-state index in [1.807, 2.05) is 42.7 Å². The Labute approximate surface area is 128 Å². The standard InChI is InChI=1S/C17H15NO2S/c1-21-16-8-4-14(5-9-16)17(19)12-20-15-6-2-13(3-7-15)10-11-18/h2-9H,10,12H2,1H3. The largest absolute Gasteiger partial charge is 0.485 e. The molecule has 0 saturated carbocycles. The molecule has 106 valence electrons. The van der Waals surface area contributed by atoms with Crippen LogP contribution < -0.4 is 4.74 Å². The first kappa shape index (κ1) is 15.1. The molecule has 0 saturated heterocycles. The summed E-state index contributed by atoms with van der Waals surface area (Å²) < 4.78 is 5.47. The summed E-state index contributed by atoms with van der Waals surface area (Å²) in [5.74, 6) is 0.578. The number of Topliss-reactive ketones (excluding diaryl/α,β-unsaturated/α-hetero) is 1. The number of benzene rings is 2. The van der Waals surface area contributed by atoms with E-state index < -0.39 is 0 Å². The molecule has 21 heavy (non-hydrogen) atoms. The number of ketones is 1. The molecule has 4 heteroatoms. The number of carbonyl (C=O) groups is 1. The van der Waals surface area contributed by atoms with Crippen molar-refractivity contribution >= 4 is 17.5 Å². The maximum absolute atomic E-state index is 12.0. The lowest BCUT2D eigenvalue weighted by molar-refractivity contribution is 0.0921. The highest BCUT2D eigenvalue weighted by Gasteiger charge is 2.07. The number of nitriles is 1. The van der Waals surface area contributed by atoms with Crippen molar-refractivity contribution in [3.63, 3.8) is 0 Å². The molecule has 0 bridgehead atoms. The van der Waals surface area contributed by atoms with Gasteiger partial charge < -0.3 is 4.74 Å². The van der Waals surface area contributed by atoms with Gasteiger partial charge in [-0.25, -0.2) is 0 Å². The van der Waals surface area contributed by atoms with Crippen LogP contribution in [0.4, 0.5) is 0 Å². The molecular formula is C17H15NO2S. The predicted octanol–water partition coefficient (Wildman–Crippen LogP) is 3.74. The van der Waals surface area contributed by atoms with Crippen molar-refractivity contribution in [3.05, 3.63) is 59.7 Å². The van der Waals surface area contributed by atoms with Crippen molar-refractivity contribution in [2.24, 2.45) is 0 Å². The van der Waals surface area contributed by atoms with Crippen LogP contribution in [0, 0.1) is 11.3 Å². The SMILES string of the molecule is CSc1ccc(C(=O)COc2ccc(CC#N)cc2)cc1. The highest BCUT2D eigenvalue weighted by atomic mass is 32.2. The smallest absolute Gasteiger partial charge is 0.200 e. The van der Waals surface area contributed by atoms with Gasteiger partial charge >= 0.3 is 0 Å². The number of rotatable bonds is 6. The molecule has 0 aromatic heterocycles. The molecule has 2 aromatic rings. The maximum atomic E-state index is 12.0. The Morgan fingerprint density at radius 3 is 2.38 bits per heavy atom. The number of hydrogen-bond acceptors (Lipinski definition) is 4. The molecule has 2 rings (SSSR count). The lowest BCUT2D eigenvalue weighted by atomic mass is 10.1. The fraction of sp³-hybridized carbons (Fsp3) is 0.176. The Balaban J connectivity index is 1.92. The summed E-state index contributed by atoms with van der Waals surface area (Å²) >= 11 is 1.64. The van der Waals surface area contributed by atoms with Gasteiger partial charge in [-0.3, -0.25) is 4.79 Å². The van der Waals surface area contributed by atoms with Crippen molar-refractivity contribution in [1.82, 2.24) is 0 Å². The first-order valence-corrected chi connectivity index (χ1v) is 7.71. The topological polar surface area (TPSA) is 50.1 Å². The summed E-state index contributed by atoms with van der Waals surface area (Å²) in [6.45, 7) is 0.0101. The van der Waals surface area contributed by atoms with Gasteiger partial charge in [-0.05, 0) is 36.1 Å². The summed E-state index contributed by atoms with van der Waals surface area (Å²) in [6.07, 6.45) is 2.37. The zero-order chi connectivity index (χ0) is 15.1. The summed E-state index contributed by atoms with van der Waals surface area (Å²) in [5.41, 5.74) is 1.58. The Hall–Kier alpha value is -2.25. The second kappa shape index (κ2) is 7.51. The minimum Gasteiger partial charge on any atom is -0.485 e.